The minimum atomic E-state index is 0.627. The summed E-state index contributed by atoms with van der Waals surface area (Å²) < 4.78 is 0. The second kappa shape index (κ2) is 5.30. The summed E-state index contributed by atoms with van der Waals surface area (Å²) in [5.74, 6) is 0. The van der Waals surface area contributed by atoms with Crippen molar-refractivity contribution in [2.45, 2.75) is 38.3 Å². The van der Waals surface area contributed by atoms with Crippen LogP contribution >= 0.6 is 0 Å². The zero-order valence-corrected chi connectivity index (χ0v) is 12.7. The number of nitrogens with zero attached hydrogens (tertiary/aromatic N) is 3. The van der Waals surface area contributed by atoms with E-state index in [4.69, 9.17) is 0 Å². The van der Waals surface area contributed by atoms with E-state index in [9.17, 15) is 0 Å². The van der Waals surface area contributed by atoms with Crippen molar-refractivity contribution in [2.75, 3.05) is 24.5 Å². The Morgan fingerprint density at radius 1 is 1.24 bits per heavy atom. The summed E-state index contributed by atoms with van der Waals surface area (Å²) in [6.07, 6.45) is 5.99. The van der Waals surface area contributed by atoms with Crippen LogP contribution in [0.3, 0.4) is 0 Å². The van der Waals surface area contributed by atoms with Gasteiger partial charge in [-0.15, -0.1) is 0 Å². The molecule has 2 aliphatic rings. The maximum atomic E-state index is 4.66. The number of hydrogen-bond donors (Lipinski definition) is 0. The zero-order chi connectivity index (χ0) is 14.2. The zero-order valence-electron chi connectivity index (χ0n) is 12.7. The van der Waals surface area contributed by atoms with Crippen molar-refractivity contribution in [2.24, 2.45) is 0 Å². The number of para-hydroxylation sites is 1. The topological polar surface area (TPSA) is 19.4 Å². The van der Waals surface area contributed by atoms with Gasteiger partial charge in [0.1, 0.15) is 0 Å². The van der Waals surface area contributed by atoms with E-state index in [-0.39, 0.29) is 0 Å². The number of anilines is 1. The Morgan fingerprint density at radius 3 is 3.05 bits per heavy atom. The lowest BCUT2D eigenvalue weighted by Crippen LogP contribution is -2.56. The average molecular weight is 281 g/mol. The summed E-state index contributed by atoms with van der Waals surface area (Å²) in [4.78, 5) is 9.95. The number of pyridine rings is 1. The van der Waals surface area contributed by atoms with Gasteiger partial charge in [-0.25, -0.2) is 0 Å². The van der Waals surface area contributed by atoms with Gasteiger partial charge in [0.2, 0.25) is 0 Å². The van der Waals surface area contributed by atoms with Gasteiger partial charge >= 0.3 is 0 Å². The van der Waals surface area contributed by atoms with Crippen LogP contribution in [0.25, 0.3) is 10.9 Å². The highest BCUT2D eigenvalue weighted by molar-refractivity contribution is 5.81. The fourth-order valence-corrected chi connectivity index (χ4v) is 3.97. The van der Waals surface area contributed by atoms with Crippen LogP contribution in [0.2, 0.25) is 0 Å². The van der Waals surface area contributed by atoms with E-state index in [1.54, 1.807) is 0 Å². The van der Waals surface area contributed by atoms with E-state index in [0.717, 1.165) is 11.6 Å². The van der Waals surface area contributed by atoms with Gasteiger partial charge < -0.3 is 4.90 Å². The average Bonchev–Trinajstić information content (AvgIpc) is 3.00. The Labute approximate surface area is 126 Å². The van der Waals surface area contributed by atoms with E-state index in [1.165, 1.54) is 50.0 Å². The van der Waals surface area contributed by atoms with E-state index in [0.29, 0.717) is 6.04 Å². The number of benzene rings is 1. The molecule has 0 radical (unpaired) electrons. The minimum Gasteiger partial charge on any atom is -0.364 e. The van der Waals surface area contributed by atoms with Gasteiger partial charge in [0.05, 0.1) is 17.4 Å². The second-order valence-corrected chi connectivity index (χ2v) is 6.39. The standard InChI is InChI=1S/C18H23N3/c1-2-15-12-20-9-5-7-16(20)13-21(15)17-10-14-6-3-4-8-18(14)19-11-17/h3-4,6,8,10-11,15-16H,2,5,7,9,12-13H2,1H3. The van der Waals surface area contributed by atoms with Gasteiger partial charge in [-0.1, -0.05) is 25.1 Å². The van der Waals surface area contributed by atoms with Gasteiger partial charge in [-0.2, -0.15) is 0 Å². The van der Waals surface area contributed by atoms with Crippen molar-refractivity contribution in [3.8, 4) is 0 Å². The van der Waals surface area contributed by atoms with Crippen molar-refractivity contribution in [3.63, 3.8) is 0 Å². The lowest BCUT2D eigenvalue weighted by atomic mass is 10.0. The van der Waals surface area contributed by atoms with Crippen LogP contribution in [0.15, 0.2) is 36.5 Å². The van der Waals surface area contributed by atoms with Crippen LogP contribution < -0.4 is 4.90 Å². The van der Waals surface area contributed by atoms with E-state index in [1.807, 2.05) is 0 Å². The Kier molecular flexibility index (Phi) is 3.30. The normalized spacial score (nSPS) is 26.2. The van der Waals surface area contributed by atoms with Crippen LogP contribution in [0.4, 0.5) is 5.69 Å². The first-order chi connectivity index (χ1) is 10.3. The highest BCUT2D eigenvalue weighted by atomic mass is 15.3. The summed E-state index contributed by atoms with van der Waals surface area (Å²) in [7, 11) is 0. The SMILES string of the molecule is CCC1CN2CCCC2CN1c1cnc2ccccc2c1. The molecule has 2 fully saturated rings. The number of piperazine rings is 1. The second-order valence-electron chi connectivity index (χ2n) is 6.39. The molecule has 2 atom stereocenters. The predicted molar refractivity (Wildman–Crippen MR) is 87.8 cm³/mol. The molecule has 0 bridgehead atoms. The largest absolute Gasteiger partial charge is 0.364 e. The van der Waals surface area contributed by atoms with E-state index in [2.05, 4.69) is 58.2 Å². The fourth-order valence-electron chi connectivity index (χ4n) is 3.97. The molecule has 3 nitrogen and oxygen atoms in total. The molecule has 2 saturated heterocycles. The smallest absolute Gasteiger partial charge is 0.0703 e. The highest BCUT2D eigenvalue weighted by Crippen LogP contribution is 2.30. The molecular weight excluding hydrogens is 258 g/mol. The Balaban J connectivity index is 1.68. The van der Waals surface area contributed by atoms with Gasteiger partial charge in [0, 0.05) is 30.6 Å². The van der Waals surface area contributed by atoms with Crippen molar-refractivity contribution >= 4 is 16.6 Å². The van der Waals surface area contributed by atoms with E-state index < -0.39 is 0 Å². The van der Waals surface area contributed by atoms with Gasteiger partial charge in [0.25, 0.3) is 0 Å². The van der Waals surface area contributed by atoms with Crippen LogP contribution in [-0.2, 0) is 0 Å². The third kappa shape index (κ3) is 2.30. The van der Waals surface area contributed by atoms with Gasteiger partial charge in [-0.3, -0.25) is 9.88 Å². The molecule has 21 heavy (non-hydrogen) atoms. The van der Waals surface area contributed by atoms with Crippen molar-refractivity contribution in [1.29, 1.82) is 0 Å². The quantitative estimate of drug-likeness (QED) is 0.842. The molecule has 0 saturated carbocycles. The molecular formula is C18H23N3. The van der Waals surface area contributed by atoms with Crippen LogP contribution in [0.1, 0.15) is 26.2 Å². The van der Waals surface area contributed by atoms with Crippen LogP contribution in [0, 0.1) is 0 Å². The summed E-state index contributed by atoms with van der Waals surface area (Å²) in [6, 6.07) is 12.1. The molecule has 1 aromatic heterocycles. The Bertz CT molecular complexity index is 639. The van der Waals surface area contributed by atoms with Gasteiger partial charge in [0.15, 0.2) is 0 Å². The third-order valence-electron chi connectivity index (χ3n) is 5.17. The van der Waals surface area contributed by atoms with Crippen molar-refractivity contribution in [3.05, 3.63) is 36.5 Å². The first kappa shape index (κ1) is 13.1. The molecule has 2 aromatic rings. The molecule has 0 aliphatic carbocycles. The number of aromatic nitrogens is 1. The molecule has 3 heteroatoms. The van der Waals surface area contributed by atoms with Gasteiger partial charge in [-0.05, 0) is 37.9 Å². The van der Waals surface area contributed by atoms with E-state index >= 15 is 0 Å². The summed E-state index contributed by atoms with van der Waals surface area (Å²) >= 11 is 0. The van der Waals surface area contributed by atoms with Crippen LogP contribution in [-0.4, -0.2) is 41.6 Å². The maximum absolute atomic E-state index is 4.66. The first-order valence-electron chi connectivity index (χ1n) is 8.20. The van der Waals surface area contributed by atoms with Crippen LogP contribution in [0.5, 0.6) is 0 Å². The fraction of sp³-hybridized carbons (Fsp3) is 0.500. The number of hydrogen-bond acceptors (Lipinski definition) is 3. The molecule has 0 spiro atoms. The molecule has 2 unspecified atom stereocenters. The molecule has 3 heterocycles. The molecule has 4 rings (SSSR count). The molecule has 2 aliphatic heterocycles. The number of fused-ring (bicyclic) bond motifs is 2. The summed E-state index contributed by atoms with van der Waals surface area (Å²) in [5, 5.41) is 1.25. The third-order valence-corrected chi connectivity index (χ3v) is 5.17. The lowest BCUT2D eigenvalue weighted by molar-refractivity contribution is 0.194. The monoisotopic (exact) mass is 281 g/mol. The number of rotatable bonds is 2. The predicted octanol–water partition coefficient (Wildman–Crippen LogP) is 3.30. The molecule has 1 aromatic carbocycles. The first-order valence-corrected chi connectivity index (χ1v) is 8.20. The summed E-state index contributed by atoms with van der Waals surface area (Å²) in [6.45, 7) is 5.99. The Hall–Kier alpha value is -1.61. The maximum Gasteiger partial charge on any atom is 0.0703 e. The highest BCUT2D eigenvalue weighted by Gasteiger charge is 2.35. The molecule has 0 N–H and O–H groups in total. The van der Waals surface area contributed by atoms with Crippen molar-refractivity contribution in [1.82, 2.24) is 9.88 Å². The molecule has 110 valence electrons. The minimum absolute atomic E-state index is 0.627. The Morgan fingerprint density at radius 2 is 2.14 bits per heavy atom. The summed E-state index contributed by atoms with van der Waals surface area (Å²) in [5.41, 5.74) is 2.39. The molecule has 0 amide bonds. The van der Waals surface area contributed by atoms with Crippen molar-refractivity contribution < 1.29 is 0 Å². The lowest BCUT2D eigenvalue weighted by Gasteiger charge is -2.44.